The molecule has 0 aliphatic heterocycles. The van der Waals surface area contributed by atoms with Crippen LogP contribution in [0.4, 0.5) is 0 Å². The molecule has 1 nitrogen and oxygen atoms in total. The Kier molecular flexibility index (Phi) is 6.06. The first kappa shape index (κ1) is 16.6. The number of hydrogen-bond donors (Lipinski definition) is 0. The number of aromatic nitrogens is 1. The Hall–Kier alpha value is -1.50. The number of allylic oxidation sites excluding steroid dienone is 1. The maximum absolute atomic E-state index is 2.34. The molecule has 0 spiro atoms. The molecule has 1 aliphatic carbocycles. The quantitative estimate of drug-likeness (QED) is 0.563. The molecule has 20 heavy (non-hydrogen) atoms. The molecule has 1 heteroatoms. The van der Waals surface area contributed by atoms with Crippen molar-refractivity contribution in [2.24, 2.45) is 7.05 Å². The Morgan fingerprint density at radius 2 is 1.60 bits per heavy atom. The topological polar surface area (TPSA) is 4.93 Å². The first-order valence-electron chi connectivity index (χ1n) is 7.92. The van der Waals surface area contributed by atoms with Crippen LogP contribution in [0.1, 0.15) is 57.9 Å². The molecule has 1 aromatic carbocycles. The Bertz CT molecular complexity index is 600. The van der Waals surface area contributed by atoms with E-state index in [1.54, 1.807) is 0 Å². The van der Waals surface area contributed by atoms with Crippen LogP contribution in [0.25, 0.3) is 17.0 Å². The van der Waals surface area contributed by atoms with Gasteiger partial charge in [-0.15, -0.1) is 0 Å². The lowest BCUT2D eigenvalue weighted by Crippen LogP contribution is -1.99. The summed E-state index contributed by atoms with van der Waals surface area (Å²) in [5.74, 6) is 0. The van der Waals surface area contributed by atoms with Crippen molar-refractivity contribution < 1.29 is 0 Å². The second kappa shape index (κ2) is 7.33. The Balaban J connectivity index is 0.000000461. The lowest BCUT2D eigenvalue weighted by Gasteiger charge is -2.11. The van der Waals surface area contributed by atoms with Crippen LogP contribution >= 0.6 is 0 Å². The molecule has 0 atom stereocenters. The van der Waals surface area contributed by atoms with Crippen LogP contribution in [0, 0.1) is 6.92 Å². The van der Waals surface area contributed by atoms with Gasteiger partial charge in [-0.1, -0.05) is 45.4 Å². The van der Waals surface area contributed by atoms with Crippen molar-refractivity contribution in [3.63, 3.8) is 0 Å². The Labute approximate surface area is 124 Å². The summed E-state index contributed by atoms with van der Waals surface area (Å²) in [4.78, 5) is 0. The summed E-state index contributed by atoms with van der Waals surface area (Å²) >= 11 is 0. The molecule has 1 aliphatic rings. The maximum atomic E-state index is 2.34. The summed E-state index contributed by atoms with van der Waals surface area (Å²) in [6.07, 6.45) is 4.74. The van der Waals surface area contributed by atoms with E-state index in [1.165, 1.54) is 46.1 Å². The molecule has 0 bridgehead atoms. The fourth-order valence-corrected chi connectivity index (χ4v) is 2.72. The van der Waals surface area contributed by atoms with Gasteiger partial charge in [-0.2, -0.15) is 0 Å². The standard InChI is InChI=1S/C15H17N.2C2H6/c1-10-4-6-12-13-7-5-11(2)9-15(13)16(3)14(12)8-10;2*1-2/h4,6,8-9H,5,7H2,1-3H3;2*1-2H3. The van der Waals surface area contributed by atoms with Gasteiger partial charge in [0.25, 0.3) is 0 Å². The van der Waals surface area contributed by atoms with Crippen LogP contribution in [0.5, 0.6) is 0 Å². The minimum atomic E-state index is 1.19. The third-order valence-electron chi connectivity index (χ3n) is 3.66. The van der Waals surface area contributed by atoms with Crippen molar-refractivity contribution in [1.29, 1.82) is 0 Å². The summed E-state index contributed by atoms with van der Waals surface area (Å²) in [5, 5.41) is 1.44. The summed E-state index contributed by atoms with van der Waals surface area (Å²) < 4.78 is 2.33. The van der Waals surface area contributed by atoms with Gasteiger partial charge in [-0.05, 0) is 50.0 Å². The van der Waals surface area contributed by atoms with E-state index < -0.39 is 0 Å². The first-order chi connectivity index (χ1) is 9.66. The second-order valence-corrected chi connectivity index (χ2v) is 4.93. The fourth-order valence-electron chi connectivity index (χ4n) is 2.72. The zero-order valence-electron chi connectivity index (χ0n) is 14.2. The first-order valence-corrected chi connectivity index (χ1v) is 7.92. The Morgan fingerprint density at radius 3 is 2.25 bits per heavy atom. The molecule has 2 aromatic rings. The molecule has 0 amide bonds. The van der Waals surface area contributed by atoms with E-state index in [0.29, 0.717) is 0 Å². The van der Waals surface area contributed by atoms with Crippen molar-refractivity contribution in [2.45, 2.75) is 54.4 Å². The number of nitrogens with zero attached hydrogens (tertiary/aromatic N) is 1. The molecule has 3 rings (SSSR count). The third-order valence-corrected chi connectivity index (χ3v) is 3.66. The predicted molar refractivity (Wildman–Crippen MR) is 92.3 cm³/mol. The number of hydrogen-bond acceptors (Lipinski definition) is 0. The van der Waals surface area contributed by atoms with Gasteiger partial charge in [0.05, 0.1) is 0 Å². The molecule has 0 unspecified atom stereocenters. The van der Waals surface area contributed by atoms with Crippen molar-refractivity contribution in [1.82, 2.24) is 4.57 Å². The van der Waals surface area contributed by atoms with Crippen LogP contribution in [-0.2, 0) is 13.5 Å². The molecule has 0 fully saturated rings. The second-order valence-electron chi connectivity index (χ2n) is 4.93. The largest absolute Gasteiger partial charge is 0.344 e. The lowest BCUT2D eigenvalue weighted by atomic mass is 9.96. The van der Waals surface area contributed by atoms with E-state index >= 15 is 0 Å². The summed E-state index contributed by atoms with van der Waals surface area (Å²) in [5.41, 5.74) is 7.14. The maximum Gasteiger partial charge on any atom is 0.0488 e. The highest BCUT2D eigenvalue weighted by Crippen LogP contribution is 2.32. The summed E-state index contributed by atoms with van der Waals surface area (Å²) in [7, 11) is 2.18. The number of fused-ring (bicyclic) bond motifs is 3. The summed E-state index contributed by atoms with van der Waals surface area (Å²) in [6, 6.07) is 6.78. The van der Waals surface area contributed by atoms with E-state index in [-0.39, 0.29) is 0 Å². The van der Waals surface area contributed by atoms with Crippen LogP contribution in [-0.4, -0.2) is 4.57 Å². The monoisotopic (exact) mass is 271 g/mol. The molecule has 0 saturated carbocycles. The zero-order valence-corrected chi connectivity index (χ0v) is 14.2. The molecule has 0 N–H and O–H groups in total. The fraction of sp³-hybridized carbons (Fsp3) is 0.474. The Morgan fingerprint density at radius 1 is 0.950 bits per heavy atom. The van der Waals surface area contributed by atoms with Gasteiger partial charge in [0.15, 0.2) is 0 Å². The van der Waals surface area contributed by atoms with E-state index in [9.17, 15) is 0 Å². The van der Waals surface area contributed by atoms with E-state index in [0.717, 1.165) is 0 Å². The number of benzene rings is 1. The zero-order chi connectivity index (χ0) is 15.3. The van der Waals surface area contributed by atoms with Gasteiger partial charge in [0.2, 0.25) is 0 Å². The van der Waals surface area contributed by atoms with Gasteiger partial charge in [-0.25, -0.2) is 0 Å². The van der Waals surface area contributed by atoms with E-state index in [4.69, 9.17) is 0 Å². The minimum Gasteiger partial charge on any atom is -0.344 e. The minimum absolute atomic E-state index is 1.19. The molecular weight excluding hydrogens is 242 g/mol. The van der Waals surface area contributed by atoms with Crippen LogP contribution in [0.15, 0.2) is 23.8 Å². The highest BCUT2D eigenvalue weighted by molar-refractivity contribution is 5.89. The molecule has 1 heterocycles. The molecule has 1 aromatic heterocycles. The highest BCUT2D eigenvalue weighted by Gasteiger charge is 2.16. The van der Waals surface area contributed by atoms with Gasteiger partial charge in [-0.3, -0.25) is 0 Å². The normalized spacial score (nSPS) is 12.7. The molecule has 110 valence electrons. The summed E-state index contributed by atoms with van der Waals surface area (Å²) in [6.45, 7) is 12.4. The third kappa shape index (κ3) is 2.98. The molecular formula is C19H29N. The van der Waals surface area contributed by atoms with Crippen LogP contribution in [0.2, 0.25) is 0 Å². The number of rotatable bonds is 0. The number of aryl methyl sites for hydroxylation is 3. The van der Waals surface area contributed by atoms with Crippen molar-refractivity contribution in [3.05, 3.63) is 40.6 Å². The smallest absolute Gasteiger partial charge is 0.0488 e. The SMILES string of the molecule is CC.CC.CC1=Cc2c(c3ccc(C)cc3n2C)CC1. The van der Waals surface area contributed by atoms with E-state index in [1.807, 2.05) is 27.7 Å². The van der Waals surface area contributed by atoms with Crippen molar-refractivity contribution in [2.75, 3.05) is 0 Å². The van der Waals surface area contributed by atoms with Crippen LogP contribution < -0.4 is 0 Å². The van der Waals surface area contributed by atoms with Gasteiger partial charge in [0, 0.05) is 23.6 Å². The predicted octanol–water partition coefficient (Wildman–Crippen LogP) is 5.89. The van der Waals surface area contributed by atoms with Crippen molar-refractivity contribution >= 4 is 17.0 Å². The van der Waals surface area contributed by atoms with Gasteiger partial charge in [0.1, 0.15) is 0 Å². The van der Waals surface area contributed by atoms with Crippen LogP contribution in [0.3, 0.4) is 0 Å². The average molecular weight is 271 g/mol. The van der Waals surface area contributed by atoms with E-state index in [2.05, 4.69) is 49.7 Å². The lowest BCUT2D eigenvalue weighted by molar-refractivity contribution is 0.882. The van der Waals surface area contributed by atoms with Gasteiger partial charge < -0.3 is 4.57 Å². The van der Waals surface area contributed by atoms with Crippen molar-refractivity contribution in [3.8, 4) is 0 Å². The average Bonchev–Trinajstić information content (AvgIpc) is 2.76. The van der Waals surface area contributed by atoms with Gasteiger partial charge >= 0.3 is 0 Å². The molecule has 0 saturated heterocycles. The molecule has 0 radical (unpaired) electrons. The highest BCUT2D eigenvalue weighted by atomic mass is 14.9.